The van der Waals surface area contributed by atoms with Crippen LogP contribution < -0.4 is 5.73 Å². The molecular formula is C11H15NO3. The van der Waals surface area contributed by atoms with Gasteiger partial charge in [-0.25, -0.2) is 4.79 Å². The van der Waals surface area contributed by atoms with Gasteiger partial charge in [0.2, 0.25) is 0 Å². The van der Waals surface area contributed by atoms with Crippen molar-refractivity contribution in [1.29, 1.82) is 0 Å². The Bertz CT molecular complexity index is 311. The fourth-order valence-corrected chi connectivity index (χ4v) is 1.21. The van der Waals surface area contributed by atoms with Gasteiger partial charge in [0, 0.05) is 6.04 Å². The van der Waals surface area contributed by atoms with Crippen molar-refractivity contribution in [3.05, 3.63) is 35.9 Å². The fourth-order valence-electron chi connectivity index (χ4n) is 1.21. The van der Waals surface area contributed by atoms with Crippen LogP contribution in [0.2, 0.25) is 0 Å². The van der Waals surface area contributed by atoms with Gasteiger partial charge in [0.05, 0.1) is 6.61 Å². The molecule has 1 aromatic rings. The van der Waals surface area contributed by atoms with E-state index >= 15 is 0 Å². The number of carboxylic acid groups (broad SMARTS) is 1. The molecule has 1 rings (SSSR count). The molecule has 1 aromatic carbocycles. The van der Waals surface area contributed by atoms with E-state index in [-0.39, 0.29) is 6.61 Å². The Kier molecular flexibility index (Phi) is 4.27. The molecule has 0 saturated carbocycles. The summed E-state index contributed by atoms with van der Waals surface area (Å²) in [6.45, 7) is 1.88. The van der Waals surface area contributed by atoms with Crippen LogP contribution in [0.3, 0.4) is 0 Å². The third-order valence-electron chi connectivity index (χ3n) is 1.99. The van der Waals surface area contributed by atoms with Crippen molar-refractivity contribution >= 4 is 5.97 Å². The van der Waals surface area contributed by atoms with E-state index in [0.717, 1.165) is 5.56 Å². The van der Waals surface area contributed by atoms with Crippen molar-refractivity contribution < 1.29 is 14.6 Å². The summed E-state index contributed by atoms with van der Waals surface area (Å²) in [7, 11) is 0. The zero-order valence-electron chi connectivity index (χ0n) is 8.59. The first-order chi connectivity index (χ1) is 7.11. The predicted molar refractivity (Wildman–Crippen MR) is 56.3 cm³/mol. The predicted octanol–water partition coefficient (Wildman–Crippen LogP) is 1.00. The van der Waals surface area contributed by atoms with Crippen LogP contribution in [0, 0.1) is 0 Å². The first-order valence-corrected chi connectivity index (χ1v) is 4.75. The molecular weight excluding hydrogens is 194 g/mol. The van der Waals surface area contributed by atoms with Crippen LogP contribution >= 0.6 is 0 Å². The molecule has 3 N–H and O–H groups in total. The third kappa shape index (κ3) is 3.69. The Hall–Kier alpha value is -1.39. The topological polar surface area (TPSA) is 72.5 Å². The standard InChI is InChI=1S/C11H15NO3/c1-8(12)10(11(13)14)15-7-9-5-3-2-4-6-9/h2-6,8,10H,7,12H2,1H3,(H,13,14)/t8-,10+/m0/s1. The molecule has 0 aromatic heterocycles. The van der Waals surface area contributed by atoms with Gasteiger partial charge in [-0.2, -0.15) is 0 Å². The highest BCUT2D eigenvalue weighted by molar-refractivity contribution is 5.73. The van der Waals surface area contributed by atoms with Crippen molar-refractivity contribution in [3.63, 3.8) is 0 Å². The quantitative estimate of drug-likeness (QED) is 0.759. The molecule has 2 atom stereocenters. The molecule has 0 aliphatic rings. The number of benzene rings is 1. The molecule has 0 bridgehead atoms. The Morgan fingerprint density at radius 3 is 2.53 bits per heavy atom. The highest BCUT2D eigenvalue weighted by Crippen LogP contribution is 2.05. The third-order valence-corrected chi connectivity index (χ3v) is 1.99. The van der Waals surface area contributed by atoms with Crippen LogP contribution in [0.1, 0.15) is 12.5 Å². The number of hydrogen-bond acceptors (Lipinski definition) is 3. The van der Waals surface area contributed by atoms with Gasteiger partial charge in [0.15, 0.2) is 6.10 Å². The molecule has 4 nitrogen and oxygen atoms in total. The van der Waals surface area contributed by atoms with Gasteiger partial charge in [0.25, 0.3) is 0 Å². The summed E-state index contributed by atoms with van der Waals surface area (Å²) >= 11 is 0. The lowest BCUT2D eigenvalue weighted by molar-refractivity contribution is -0.152. The number of carbonyl (C=O) groups is 1. The van der Waals surface area contributed by atoms with Crippen LogP contribution in [-0.2, 0) is 16.1 Å². The Morgan fingerprint density at radius 2 is 2.07 bits per heavy atom. The lowest BCUT2D eigenvalue weighted by Crippen LogP contribution is -2.40. The number of nitrogens with two attached hydrogens (primary N) is 1. The molecule has 15 heavy (non-hydrogen) atoms. The Balaban J connectivity index is 2.51. The van der Waals surface area contributed by atoms with Gasteiger partial charge in [-0.1, -0.05) is 30.3 Å². The minimum Gasteiger partial charge on any atom is -0.479 e. The minimum absolute atomic E-state index is 0.263. The number of aliphatic carboxylic acids is 1. The molecule has 0 spiro atoms. The van der Waals surface area contributed by atoms with E-state index < -0.39 is 18.1 Å². The van der Waals surface area contributed by atoms with Crippen LogP contribution in [-0.4, -0.2) is 23.2 Å². The van der Waals surface area contributed by atoms with Crippen molar-refractivity contribution in [2.45, 2.75) is 25.7 Å². The largest absolute Gasteiger partial charge is 0.479 e. The maximum atomic E-state index is 10.8. The number of hydrogen-bond donors (Lipinski definition) is 2. The average Bonchev–Trinajstić information content (AvgIpc) is 2.18. The average molecular weight is 209 g/mol. The molecule has 0 saturated heterocycles. The van der Waals surface area contributed by atoms with Crippen LogP contribution in [0.4, 0.5) is 0 Å². The highest BCUT2D eigenvalue weighted by Gasteiger charge is 2.22. The van der Waals surface area contributed by atoms with Crippen LogP contribution in [0.5, 0.6) is 0 Å². The summed E-state index contributed by atoms with van der Waals surface area (Å²) in [5.41, 5.74) is 6.43. The molecule has 82 valence electrons. The summed E-state index contributed by atoms with van der Waals surface area (Å²) in [4.78, 5) is 10.8. The van der Waals surface area contributed by atoms with Gasteiger partial charge in [-0.05, 0) is 12.5 Å². The van der Waals surface area contributed by atoms with Crippen LogP contribution in [0.15, 0.2) is 30.3 Å². The SMILES string of the molecule is C[C@H](N)[C@@H](OCc1ccccc1)C(=O)O. The number of rotatable bonds is 5. The molecule has 0 aliphatic heterocycles. The summed E-state index contributed by atoms with van der Waals surface area (Å²) in [5.74, 6) is -1.03. The Morgan fingerprint density at radius 1 is 1.47 bits per heavy atom. The second kappa shape index (κ2) is 5.48. The van der Waals surface area contributed by atoms with Crippen molar-refractivity contribution in [3.8, 4) is 0 Å². The second-order valence-electron chi connectivity index (χ2n) is 3.41. The van der Waals surface area contributed by atoms with E-state index in [0.29, 0.717) is 0 Å². The van der Waals surface area contributed by atoms with Crippen LogP contribution in [0.25, 0.3) is 0 Å². The summed E-state index contributed by atoms with van der Waals surface area (Å²) in [6, 6.07) is 8.87. The van der Waals surface area contributed by atoms with Gasteiger partial charge in [-0.3, -0.25) is 0 Å². The van der Waals surface area contributed by atoms with E-state index in [4.69, 9.17) is 15.6 Å². The monoisotopic (exact) mass is 209 g/mol. The fraction of sp³-hybridized carbons (Fsp3) is 0.364. The van der Waals surface area contributed by atoms with E-state index in [9.17, 15) is 4.79 Å². The molecule has 0 radical (unpaired) electrons. The van der Waals surface area contributed by atoms with E-state index in [1.54, 1.807) is 6.92 Å². The van der Waals surface area contributed by atoms with E-state index in [1.807, 2.05) is 30.3 Å². The Labute approximate surface area is 88.7 Å². The summed E-state index contributed by atoms with van der Waals surface area (Å²) in [5, 5.41) is 8.82. The molecule has 0 unspecified atom stereocenters. The minimum atomic E-state index is -1.03. The highest BCUT2D eigenvalue weighted by atomic mass is 16.5. The van der Waals surface area contributed by atoms with Gasteiger partial charge >= 0.3 is 5.97 Å². The van der Waals surface area contributed by atoms with Gasteiger partial charge in [0.1, 0.15) is 0 Å². The van der Waals surface area contributed by atoms with E-state index in [1.165, 1.54) is 0 Å². The van der Waals surface area contributed by atoms with Crippen molar-refractivity contribution in [2.24, 2.45) is 5.73 Å². The molecule has 0 amide bonds. The molecule has 4 heteroatoms. The van der Waals surface area contributed by atoms with Gasteiger partial charge in [-0.15, -0.1) is 0 Å². The second-order valence-corrected chi connectivity index (χ2v) is 3.41. The zero-order chi connectivity index (χ0) is 11.3. The molecule has 0 aliphatic carbocycles. The maximum Gasteiger partial charge on any atom is 0.334 e. The van der Waals surface area contributed by atoms with Crippen molar-refractivity contribution in [1.82, 2.24) is 0 Å². The number of carboxylic acids is 1. The van der Waals surface area contributed by atoms with E-state index in [2.05, 4.69) is 0 Å². The van der Waals surface area contributed by atoms with Crippen molar-refractivity contribution in [2.75, 3.05) is 0 Å². The maximum absolute atomic E-state index is 10.8. The first kappa shape index (κ1) is 11.7. The lowest BCUT2D eigenvalue weighted by Gasteiger charge is -2.16. The first-order valence-electron chi connectivity index (χ1n) is 4.75. The summed E-state index contributed by atoms with van der Waals surface area (Å²) < 4.78 is 5.23. The molecule has 0 heterocycles. The number of ether oxygens (including phenoxy) is 1. The summed E-state index contributed by atoms with van der Waals surface area (Å²) in [6.07, 6.45) is -0.954. The zero-order valence-corrected chi connectivity index (χ0v) is 8.59. The normalized spacial score (nSPS) is 14.5. The molecule has 0 fully saturated rings. The lowest BCUT2D eigenvalue weighted by atomic mass is 10.2. The smallest absolute Gasteiger partial charge is 0.334 e. The van der Waals surface area contributed by atoms with Gasteiger partial charge < -0.3 is 15.6 Å².